The Morgan fingerprint density at radius 2 is 1.63 bits per heavy atom. The first-order valence-corrected chi connectivity index (χ1v) is 22.0. The smallest absolute Gasteiger partial charge is 0.260 e. The molecule has 62 heavy (non-hydrogen) atoms. The van der Waals surface area contributed by atoms with Crippen LogP contribution in [0.2, 0.25) is 0 Å². The van der Waals surface area contributed by atoms with E-state index < -0.39 is 0 Å². The summed E-state index contributed by atoms with van der Waals surface area (Å²) in [6.45, 7) is 5.52. The van der Waals surface area contributed by atoms with Gasteiger partial charge in [0.15, 0.2) is 23.6 Å². The van der Waals surface area contributed by atoms with Gasteiger partial charge in [-0.3, -0.25) is 29.4 Å². The quantitative estimate of drug-likeness (QED) is 0.149. The third-order valence-corrected chi connectivity index (χ3v) is 13.8. The van der Waals surface area contributed by atoms with Gasteiger partial charge in [-0.15, -0.1) is 0 Å². The number of piperazine rings is 1. The molecule has 10 rings (SSSR count). The second-order valence-corrected chi connectivity index (χ2v) is 17.8. The first kappa shape index (κ1) is 39.8. The van der Waals surface area contributed by atoms with Crippen molar-refractivity contribution in [3.05, 3.63) is 103 Å². The van der Waals surface area contributed by atoms with Crippen molar-refractivity contribution in [3.63, 3.8) is 0 Å². The van der Waals surface area contributed by atoms with Crippen molar-refractivity contribution in [2.45, 2.75) is 75.4 Å². The van der Waals surface area contributed by atoms with Gasteiger partial charge in [-0.1, -0.05) is 42.5 Å². The molecule has 1 atom stereocenters. The second-order valence-electron chi connectivity index (χ2n) is 17.8. The fraction of sp³-hybridized carbons (Fsp3) is 0.426. The number of hydrogen-bond acceptors (Lipinski definition) is 11. The largest absolute Gasteiger partial charge is 0.484 e. The van der Waals surface area contributed by atoms with E-state index in [-0.39, 0.29) is 53.7 Å². The molecule has 2 saturated carbocycles. The highest BCUT2D eigenvalue weighted by Crippen LogP contribution is 2.50. The SMILES string of the molecule is O=C1CC[C@@H](c2ccc(OCC(=O)N3CCC4(CC(N5CCN(c6ccc(Nc7ncnc8c7ncn8C7CC(NC(=O)Cc8ccccc8)C7)cc6)CC5)C4)C3)cc2)C(=O)N1. The summed E-state index contributed by atoms with van der Waals surface area (Å²) < 4.78 is 7.96. The van der Waals surface area contributed by atoms with Crippen LogP contribution in [0.3, 0.4) is 0 Å². The number of ether oxygens (including phenoxy) is 1. The van der Waals surface area contributed by atoms with E-state index in [0.717, 1.165) is 99.4 Å². The number of carbonyl (C=O) groups is 4. The number of piperidine rings is 1. The average molecular weight is 837 g/mol. The van der Waals surface area contributed by atoms with Crippen molar-refractivity contribution in [2.24, 2.45) is 5.41 Å². The van der Waals surface area contributed by atoms with Gasteiger partial charge in [0.1, 0.15) is 12.1 Å². The third kappa shape index (κ3) is 8.33. The predicted octanol–water partition coefficient (Wildman–Crippen LogP) is 4.73. The Balaban J connectivity index is 0.651. The molecule has 3 aliphatic heterocycles. The molecule has 3 aromatic carbocycles. The predicted molar refractivity (Wildman–Crippen MR) is 233 cm³/mol. The molecule has 2 aliphatic carbocycles. The van der Waals surface area contributed by atoms with Crippen LogP contribution in [-0.2, 0) is 25.6 Å². The molecule has 1 spiro atoms. The lowest BCUT2D eigenvalue weighted by Crippen LogP contribution is -2.57. The van der Waals surface area contributed by atoms with Crippen LogP contribution < -0.4 is 25.6 Å². The van der Waals surface area contributed by atoms with Crippen molar-refractivity contribution in [2.75, 3.05) is 56.1 Å². The maximum atomic E-state index is 13.1. The molecular weight excluding hydrogens is 785 g/mol. The number of nitrogens with one attached hydrogen (secondary N) is 3. The minimum atomic E-state index is -0.342. The number of hydrogen-bond donors (Lipinski definition) is 3. The van der Waals surface area contributed by atoms with Crippen LogP contribution in [0.4, 0.5) is 17.2 Å². The number of amides is 4. The van der Waals surface area contributed by atoms with E-state index in [0.29, 0.717) is 36.9 Å². The molecule has 3 N–H and O–H groups in total. The average Bonchev–Trinajstić information content (AvgIpc) is 3.91. The fourth-order valence-corrected chi connectivity index (χ4v) is 10.2. The standard InChI is InChI=1S/C47H52N10O5/c58-40-15-14-39(46(61)53-40)32-6-12-38(13-7-32)62-27-42(60)56-17-16-47(28-56)25-37(26-47)55-20-18-54(19-21-55)35-10-8-33(9-11-35)52-44-43-45(49-29-48-44)57(30-50-43)36-23-34(24-36)51-41(59)22-31-4-2-1-3-5-31/h1-13,29-30,34,36-37,39H,14-28H2,(H,51,59)(H,48,49,52)(H,53,58,61)/t34?,36?,37?,39-,47?/m0/s1. The fourth-order valence-electron chi connectivity index (χ4n) is 10.2. The summed E-state index contributed by atoms with van der Waals surface area (Å²) in [6.07, 6.45) is 9.61. The van der Waals surface area contributed by atoms with Crippen LogP contribution in [-0.4, -0.2) is 111 Å². The number of benzene rings is 3. The Morgan fingerprint density at radius 3 is 2.39 bits per heavy atom. The molecule has 15 heteroatoms. The van der Waals surface area contributed by atoms with E-state index in [1.165, 1.54) is 5.69 Å². The van der Waals surface area contributed by atoms with Crippen LogP contribution >= 0.6 is 0 Å². The van der Waals surface area contributed by atoms with E-state index in [4.69, 9.17) is 9.72 Å². The van der Waals surface area contributed by atoms with Crippen LogP contribution in [0, 0.1) is 5.41 Å². The number of nitrogens with zero attached hydrogens (tertiary/aromatic N) is 7. The molecule has 4 amide bonds. The number of anilines is 3. The zero-order chi connectivity index (χ0) is 42.2. The molecule has 15 nitrogen and oxygen atoms in total. The number of aromatic nitrogens is 4. The van der Waals surface area contributed by atoms with Gasteiger partial charge in [-0.2, -0.15) is 0 Å². The lowest BCUT2D eigenvalue weighted by molar-refractivity contribution is -0.134. The van der Waals surface area contributed by atoms with Gasteiger partial charge in [0.05, 0.1) is 18.7 Å². The number of likely N-dealkylation sites (tertiary alicyclic amines) is 1. The maximum Gasteiger partial charge on any atom is 0.260 e. The Morgan fingerprint density at radius 1 is 0.855 bits per heavy atom. The van der Waals surface area contributed by atoms with E-state index in [2.05, 4.69) is 64.6 Å². The van der Waals surface area contributed by atoms with Gasteiger partial charge < -0.3 is 29.7 Å². The summed E-state index contributed by atoms with van der Waals surface area (Å²) in [6, 6.07) is 26.5. The molecule has 0 unspecified atom stereocenters. The summed E-state index contributed by atoms with van der Waals surface area (Å²) in [4.78, 5) is 70.3. The van der Waals surface area contributed by atoms with E-state index in [1.54, 1.807) is 18.5 Å². The first-order valence-electron chi connectivity index (χ1n) is 22.0. The number of rotatable bonds is 12. The van der Waals surface area contributed by atoms with Crippen molar-refractivity contribution < 1.29 is 23.9 Å². The first-order chi connectivity index (χ1) is 30.2. The Bertz CT molecular complexity index is 2440. The molecule has 5 fully saturated rings. The summed E-state index contributed by atoms with van der Waals surface area (Å²) >= 11 is 0. The van der Waals surface area contributed by atoms with Gasteiger partial charge in [0.2, 0.25) is 17.7 Å². The molecule has 3 saturated heterocycles. The molecule has 5 aliphatic rings. The van der Waals surface area contributed by atoms with Crippen molar-refractivity contribution in [1.82, 2.24) is 40.0 Å². The molecule has 0 radical (unpaired) electrons. The zero-order valence-corrected chi connectivity index (χ0v) is 34.7. The van der Waals surface area contributed by atoms with Gasteiger partial charge in [0.25, 0.3) is 5.91 Å². The third-order valence-electron chi connectivity index (χ3n) is 13.8. The van der Waals surface area contributed by atoms with Gasteiger partial charge in [-0.05, 0) is 91.5 Å². The number of fused-ring (bicyclic) bond motifs is 1. The van der Waals surface area contributed by atoms with Gasteiger partial charge in [-0.25, -0.2) is 15.0 Å². The maximum absolute atomic E-state index is 13.1. The van der Waals surface area contributed by atoms with Crippen LogP contribution in [0.25, 0.3) is 11.2 Å². The molecule has 5 aromatic rings. The molecular formula is C47H52N10O5. The topological polar surface area (TPSA) is 167 Å². The molecule has 2 aromatic heterocycles. The lowest BCUT2D eigenvalue weighted by atomic mass is 9.64. The van der Waals surface area contributed by atoms with Crippen molar-refractivity contribution >= 4 is 52.0 Å². The molecule has 0 bridgehead atoms. The van der Waals surface area contributed by atoms with E-state index >= 15 is 0 Å². The summed E-state index contributed by atoms with van der Waals surface area (Å²) in [5.74, 6) is 0.486. The van der Waals surface area contributed by atoms with Crippen LogP contribution in [0.15, 0.2) is 91.5 Å². The number of imide groups is 1. The van der Waals surface area contributed by atoms with Crippen LogP contribution in [0.5, 0.6) is 5.75 Å². The van der Waals surface area contributed by atoms with Gasteiger partial charge >= 0.3 is 0 Å². The lowest BCUT2D eigenvalue weighted by Gasteiger charge is -2.52. The minimum absolute atomic E-state index is 0.00659. The molecule has 320 valence electrons. The van der Waals surface area contributed by atoms with E-state index in [1.807, 2.05) is 53.7 Å². The highest BCUT2D eigenvalue weighted by molar-refractivity contribution is 6.01. The second kappa shape index (κ2) is 16.8. The highest BCUT2D eigenvalue weighted by Gasteiger charge is 2.51. The van der Waals surface area contributed by atoms with Crippen LogP contribution in [0.1, 0.15) is 68.0 Å². The zero-order valence-electron chi connectivity index (χ0n) is 34.7. The van der Waals surface area contributed by atoms with Crippen molar-refractivity contribution in [1.29, 1.82) is 0 Å². The monoisotopic (exact) mass is 836 g/mol. The van der Waals surface area contributed by atoms with E-state index in [9.17, 15) is 19.2 Å². The van der Waals surface area contributed by atoms with Gasteiger partial charge in [0, 0.05) is 75.2 Å². The number of imidazole rings is 1. The minimum Gasteiger partial charge on any atom is -0.484 e. The summed E-state index contributed by atoms with van der Waals surface area (Å²) in [5, 5.41) is 9.04. The Kier molecular flexibility index (Phi) is 10.8. The highest BCUT2D eigenvalue weighted by atomic mass is 16.5. The Hall–Kier alpha value is -6.35. The summed E-state index contributed by atoms with van der Waals surface area (Å²) in [7, 11) is 0. The molecule has 5 heterocycles. The number of carbonyl (C=O) groups excluding carboxylic acids is 4. The van der Waals surface area contributed by atoms with Crippen molar-refractivity contribution in [3.8, 4) is 5.75 Å². The normalized spacial score (nSPS) is 25.0. The Labute approximate surface area is 360 Å². The summed E-state index contributed by atoms with van der Waals surface area (Å²) in [5.41, 5.74) is 5.70.